The van der Waals surface area contributed by atoms with Gasteiger partial charge in [0.15, 0.2) is 0 Å². The molecule has 0 amide bonds. The van der Waals surface area contributed by atoms with E-state index in [4.69, 9.17) is 5.11 Å². The maximum atomic E-state index is 11.1. The van der Waals surface area contributed by atoms with Gasteiger partial charge in [-0.1, -0.05) is 26.0 Å². The van der Waals surface area contributed by atoms with Crippen LogP contribution in [0.25, 0.3) is 5.69 Å². The van der Waals surface area contributed by atoms with Crippen LogP contribution in [0.2, 0.25) is 0 Å². The SMILES string of the molecule is CCc1ccc(-n2cc(C(=O)O)c(CC)n2)cc1. The first kappa shape index (κ1) is 12.4. The smallest absolute Gasteiger partial charge is 0.339 e. The van der Waals surface area contributed by atoms with E-state index in [0.717, 1.165) is 12.1 Å². The molecule has 0 radical (unpaired) electrons. The van der Waals surface area contributed by atoms with Gasteiger partial charge in [-0.15, -0.1) is 0 Å². The lowest BCUT2D eigenvalue weighted by atomic mass is 10.1. The Morgan fingerprint density at radius 1 is 1.22 bits per heavy atom. The zero-order valence-electron chi connectivity index (χ0n) is 10.6. The van der Waals surface area contributed by atoms with Crippen molar-refractivity contribution in [3.05, 3.63) is 47.3 Å². The molecule has 0 fully saturated rings. The number of carboxylic acids is 1. The molecule has 4 nitrogen and oxygen atoms in total. The number of carboxylic acid groups (broad SMARTS) is 1. The second kappa shape index (κ2) is 5.04. The molecular weight excluding hydrogens is 228 g/mol. The summed E-state index contributed by atoms with van der Waals surface area (Å²) in [5, 5.41) is 13.4. The van der Waals surface area contributed by atoms with Crippen molar-refractivity contribution in [2.75, 3.05) is 0 Å². The molecule has 0 bridgehead atoms. The summed E-state index contributed by atoms with van der Waals surface area (Å²) >= 11 is 0. The third-order valence-electron chi connectivity index (χ3n) is 2.97. The fourth-order valence-corrected chi connectivity index (χ4v) is 1.87. The lowest BCUT2D eigenvalue weighted by Gasteiger charge is -2.02. The minimum Gasteiger partial charge on any atom is -0.478 e. The quantitative estimate of drug-likeness (QED) is 0.899. The second-order valence-corrected chi connectivity index (χ2v) is 4.11. The van der Waals surface area contributed by atoms with Crippen LogP contribution in [0.4, 0.5) is 0 Å². The van der Waals surface area contributed by atoms with Crippen molar-refractivity contribution in [1.82, 2.24) is 9.78 Å². The zero-order valence-corrected chi connectivity index (χ0v) is 10.6. The number of rotatable bonds is 4. The summed E-state index contributed by atoms with van der Waals surface area (Å²) in [4.78, 5) is 11.1. The van der Waals surface area contributed by atoms with Gasteiger partial charge in [0.25, 0.3) is 0 Å². The zero-order chi connectivity index (χ0) is 13.1. The fourth-order valence-electron chi connectivity index (χ4n) is 1.87. The van der Waals surface area contributed by atoms with Crippen LogP contribution in [0.1, 0.15) is 35.5 Å². The third-order valence-corrected chi connectivity index (χ3v) is 2.97. The summed E-state index contributed by atoms with van der Waals surface area (Å²) in [6.07, 6.45) is 3.17. The van der Waals surface area contributed by atoms with Crippen LogP contribution in [0.3, 0.4) is 0 Å². The molecule has 0 aliphatic carbocycles. The molecule has 1 N–H and O–H groups in total. The average Bonchev–Trinajstić information content (AvgIpc) is 2.83. The van der Waals surface area contributed by atoms with Gasteiger partial charge in [-0.25, -0.2) is 9.48 Å². The molecule has 94 valence electrons. The normalized spacial score (nSPS) is 10.6. The molecule has 0 aliphatic heterocycles. The van der Waals surface area contributed by atoms with Crippen LogP contribution in [-0.4, -0.2) is 20.9 Å². The molecular formula is C14H16N2O2. The van der Waals surface area contributed by atoms with E-state index in [1.807, 2.05) is 31.2 Å². The first-order valence-corrected chi connectivity index (χ1v) is 6.06. The van der Waals surface area contributed by atoms with E-state index in [0.29, 0.717) is 12.1 Å². The first-order valence-electron chi connectivity index (χ1n) is 6.06. The van der Waals surface area contributed by atoms with Gasteiger partial charge in [-0.05, 0) is 30.5 Å². The van der Waals surface area contributed by atoms with Gasteiger partial charge in [0.05, 0.1) is 11.4 Å². The van der Waals surface area contributed by atoms with Gasteiger partial charge < -0.3 is 5.11 Å². The summed E-state index contributed by atoms with van der Waals surface area (Å²) in [6, 6.07) is 7.97. The van der Waals surface area contributed by atoms with Gasteiger partial charge in [-0.2, -0.15) is 5.10 Å². The van der Waals surface area contributed by atoms with Crippen LogP contribution < -0.4 is 0 Å². The molecule has 1 aromatic carbocycles. The molecule has 1 aromatic heterocycles. The van der Waals surface area contributed by atoms with Gasteiger partial charge in [-0.3, -0.25) is 0 Å². The fraction of sp³-hybridized carbons (Fsp3) is 0.286. The van der Waals surface area contributed by atoms with E-state index in [1.165, 1.54) is 5.56 Å². The Kier molecular flexibility index (Phi) is 3.46. The first-order chi connectivity index (χ1) is 8.65. The van der Waals surface area contributed by atoms with E-state index in [-0.39, 0.29) is 5.56 Å². The minimum absolute atomic E-state index is 0.275. The monoisotopic (exact) mass is 244 g/mol. The number of aryl methyl sites for hydroxylation is 2. The number of aromatic nitrogens is 2. The third kappa shape index (κ3) is 2.27. The van der Waals surface area contributed by atoms with Crippen molar-refractivity contribution in [1.29, 1.82) is 0 Å². The van der Waals surface area contributed by atoms with Crippen LogP contribution in [0, 0.1) is 0 Å². The van der Waals surface area contributed by atoms with E-state index < -0.39 is 5.97 Å². The van der Waals surface area contributed by atoms with Crippen LogP contribution in [0.5, 0.6) is 0 Å². The van der Waals surface area contributed by atoms with Crippen LogP contribution in [0.15, 0.2) is 30.5 Å². The van der Waals surface area contributed by atoms with E-state index in [9.17, 15) is 4.79 Å². The lowest BCUT2D eigenvalue weighted by molar-refractivity contribution is 0.0695. The molecule has 0 saturated carbocycles. The van der Waals surface area contributed by atoms with Crippen molar-refractivity contribution < 1.29 is 9.90 Å². The van der Waals surface area contributed by atoms with E-state index in [2.05, 4.69) is 12.0 Å². The highest BCUT2D eigenvalue weighted by atomic mass is 16.4. The molecule has 0 saturated heterocycles. The molecule has 2 aromatic rings. The molecule has 18 heavy (non-hydrogen) atoms. The van der Waals surface area contributed by atoms with Crippen molar-refractivity contribution in [3.63, 3.8) is 0 Å². The van der Waals surface area contributed by atoms with Gasteiger partial charge >= 0.3 is 5.97 Å². The largest absolute Gasteiger partial charge is 0.478 e. The summed E-state index contributed by atoms with van der Waals surface area (Å²) < 4.78 is 1.63. The van der Waals surface area contributed by atoms with Crippen molar-refractivity contribution in [2.24, 2.45) is 0 Å². The van der Waals surface area contributed by atoms with Crippen LogP contribution >= 0.6 is 0 Å². The highest BCUT2D eigenvalue weighted by Crippen LogP contribution is 2.14. The average molecular weight is 244 g/mol. The highest BCUT2D eigenvalue weighted by Gasteiger charge is 2.14. The summed E-state index contributed by atoms with van der Waals surface area (Å²) in [7, 11) is 0. The van der Waals surface area contributed by atoms with Crippen LogP contribution in [-0.2, 0) is 12.8 Å². The van der Waals surface area contributed by atoms with Gasteiger partial charge in [0.1, 0.15) is 5.56 Å². The standard InChI is InChI=1S/C14H16N2O2/c1-3-10-5-7-11(8-6-10)16-9-12(14(17)18)13(4-2)15-16/h5-9H,3-4H2,1-2H3,(H,17,18). The topological polar surface area (TPSA) is 55.1 Å². The van der Waals surface area contributed by atoms with Crippen molar-refractivity contribution in [2.45, 2.75) is 26.7 Å². The summed E-state index contributed by atoms with van der Waals surface area (Å²) in [6.45, 7) is 4.00. The molecule has 0 atom stereocenters. The predicted octanol–water partition coefficient (Wildman–Crippen LogP) is 2.70. The highest BCUT2D eigenvalue weighted by molar-refractivity contribution is 5.88. The molecule has 0 spiro atoms. The molecule has 4 heteroatoms. The summed E-state index contributed by atoms with van der Waals surface area (Å²) in [5.41, 5.74) is 3.02. The number of carbonyl (C=O) groups is 1. The molecule has 2 rings (SSSR count). The Morgan fingerprint density at radius 3 is 2.33 bits per heavy atom. The van der Waals surface area contributed by atoms with Crippen molar-refractivity contribution in [3.8, 4) is 5.69 Å². The van der Waals surface area contributed by atoms with Gasteiger partial charge in [0, 0.05) is 6.20 Å². The maximum Gasteiger partial charge on any atom is 0.339 e. The molecule has 0 unspecified atom stereocenters. The Bertz CT molecular complexity index is 556. The Hall–Kier alpha value is -2.10. The second-order valence-electron chi connectivity index (χ2n) is 4.11. The maximum absolute atomic E-state index is 11.1. The minimum atomic E-state index is -0.928. The number of aromatic carboxylic acids is 1. The predicted molar refractivity (Wildman–Crippen MR) is 69.3 cm³/mol. The number of benzene rings is 1. The Morgan fingerprint density at radius 2 is 1.89 bits per heavy atom. The number of nitrogens with zero attached hydrogens (tertiary/aromatic N) is 2. The van der Waals surface area contributed by atoms with Crippen molar-refractivity contribution >= 4 is 5.97 Å². The molecule has 1 heterocycles. The number of hydrogen-bond acceptors (Lipinski definition) is 2. The number of hydrogen-bond donors (Lipinski definition) is 1. The lowest BCUT2D eigenvalue weighted by Crippen LogP contribution is -1.98. The Balaban J connectivity index is 2.40. The van der Waals surface area contributed by atoms with E-state index >= 15 is 0 Å². The van der Waals surface area contributed by atoms with Gasteiger partial charge in [0.2, 0.25) is 0 Å². The summed E-state index contributed by atoms with van der Waals surface area (Å²) in [5.74, 6) is -0.928. The van der Waals surface area contributed by atoms with E-state index in [1.54, 1.807) is 10.9 Å². The molecule has 0 aliphatic rings. The Labute approximate surface area is 106 Å².